The number of amides is 1. The Balaban J connectivity index is 2.38. The van der Waals surface area contributed by atoms with Crippen molar-refractivity contribution in [3.8, 4) is 0 Å². The summed E-state index contributed by atoms with van der Waals surface area (Å²) in [5.41, 5.74) is 2.77. The van der Waals surface area contributed by atoms with E-state index in [-0.39, 0.29) is 11.3 Å². The van der Waals surface area contributed by atoms with E-state index < -0.39 is 0 Å². The van der Waals surface area contributed by atoms with E-state index in [0.717, 1.165) is 11.4 Å². The van der Waals surface area contributed by atoms with Crippen LogP contribution in [0.4, 0.5) is 11.4 Å². The first-order valence-corrected chi connectivity index (χ1v) is 6.09. The van der Waals surface area contributed by atoms with Gasteiger partial charge in [0.2, 0.25) is 5.91 Å². The minimum Gasteiger partial charge on any atom is -0.382 e. The van der Waals surface area contributed by atoms with Crippen LogP contribution in [0.2, 0.25) is 0 Å². The molecule has 3 heteroatoms. The molecule has 0 saturated carbocycles. The van der Waals surface area contributed by atoms with Crippen LogP contribution in [-0.2, 0) is 4.79 Å². The summed E-state index contributed by atoms with van der Waals surface area (Å²) in [6.07, 6.45) is 0. The number of hydrogen-bond donors (Lipinski definition) is 2. The van der Waals surface area contributed by atoms with Crippen LogP contribution in [0.3, 0.4) is 0 Å². The van der Waals surface area contributed by atoms with Crippen molar-refractivity contribution in [1.29, 1.82) is 0 Å². The van der Waals surface area contributed by atoms with Gasteiger partial charge in [0.25, 0.3) is 0 Å². The molecule has 1 aliphatic heterocycles. The van der Waals surface area contributed by atoms with Crippen LogP contribution in [0.5, 0.6) is 0 Å². The molecule has 0 fully saturated rings. The molecule has 0 unspecified atom stereocenters. The van der Waals surface area contributed by atoms with E-state index in [2.05, 4.69) is 36.6 Å². The van der Waals surface area contributed by atoms with Gasteiger partial charge in [-0.3, -0.25) is 4.79 Å². The fourth-order valence-corrected chi connectivity index (χ4v) is 1.87. The summed E-state index contributed by atoms with van der Waals surface area (Å²) in [5.74, 6) is 0.540. The number of nitrogens with one attached hydrogen (secondary N) is 2. The first kappa shape index (κ1) is 12.0. The molecule has 0 aliphatic carbocycles. The summed E-state index contributed by atoms with van der Waals surface area (Å²) in [5, 5.41) is 6.34. The Hall–Kier alpha value is -1.51. The van der Waals surface area contributed by atoms with Crippen LogP contribution < -0.4 is 10.6 Å². The van der Waals surface area contributed by atoms with Crippen LogP contribution in [0.1, 0.15) is 39.2 Å². The van der Waals surface area contributed by atoms with Gasteiger partial charge in [0.1, 0.15) is 0 Å². The lowest BCUT2D eigenvalue weighted by atomic mass is 9.93. The molecule has 0 radical (unpaired) electrons. The number of rotatable bonds is 1. The topological polar surface area (TPSA) is 41.1 Å². The molecular formula is C14H20N2O. The van der Waals surface area contributed by atoms with Crippen LogP contribution in [0.15, 0.2) is 18.2 Å². The zero-order valence-electron chi connectivity index (χ0n) is 10.9. The first-order valence-electron chi connectivity index (χ1n) is 6.09. The lowest BCUT2D eigenvalue weighted by Crippen LogP contribution is -2.34. The minimum atomic E-state index is -0.378. The van der Waals surface area contributed by atoms with E-state index in [0.29, 0.717) is 12.5 Å². The number of fused-ring (bicyclic) bond motifs is 1. The molecule has 3 nitrogen and oxygen atoms in total. The number of hydrogen-bond acceptors (Lipinski definition) is 2. The largest absolute Gasteiger partial charge is 0.382 e. The number of benzene rings is 1. The fourth-order valence-electron chi connectivity index (χ4n) is 1.87. The number of carbonyl (C=O) groups is 1. The van der Waals surface area contributed by atoms with E-state index in [9.17, 15) is 4.79 Å². The van der Waals surface area contributed by atoms with E-state index >= 15 is 0 Å². The Morgan fingerprint density at radius 1 is 1.24 bits per heavy atom. The SMILES string of the molecule is CC(C)c1ccc2c(c1)NC(=O)C(C)(C)CN2. The van der Waals surface area contributed by atoms with Crippen molar-refractivity contribution in [1.82, 2.24) is 0 Å². The minimum absolute atomic E-state index is 0.0738. The van der Waals surface area contributed by atoms with Crippen LogP contribution in [-0.4, -0.2) is 12.5 Å². The van der Waals surface area contributed by atoms with Crippen molar-refractivity contribution < 1.29 is 4.79 Å². The first-order chi connectivity index (χ1) is 7.90. The molecule has 1 aromatic rings. The smallest absolute Gasteiger partial charge is 0.231 e. The van der Waals surface area contributed by atoms with Crippen molar-refractivity contribution in [2.75, 3.05) is 17.2 Å². The molecule has 1 amide bonds. The van der Waals surface area contributed by atoms with Crippen molar-refractivity contribution in [3.05, 3.63) is 23.8 Å². The third-order valence-electron chi connectivity index (χ3n) is 3.29. The van der Waals surface area contributed by atoms with Gasteiger partial charge >= 0.3 is 0 Å². The van der Waals surface area contributed by atoms with Crippen molar-refractivity contribution in [2.45, 2.75) is 33.6 Å². The molecule has 0 spiro atoms. The second kappa shape index (κ2) is 4.06. The van der Waals surface area contributed by atoms with Crippen molar-refractivity contribution in [2.24, 2.45) is 5.41 Å². The Morgan fingerprint density at radius 2 is 1.94 bits per heavy atom. The quantitative estimate of drug-likeness (QED) is 0.780. The molecule has 0 aromatic heterocycles. The molecule has 1 aliphatic rings. The van der Waals surface area contributed by atoms with Gasteiger partial charge in [0, 0.05) is 6.54 Å². The summed E-state index contributed by atoms with van der Waals surface area (Å²) in [7, 11) is 0. The van der Waals surface area contributed by atoms with Gasteiger partial charge in [-0.05, 0) is 37.5 Å². The highest BCUT2D eigenvalue weighted by atomic mass is 16.2. The molecular weight excluding hydrogens is 212 g/mol. The monoisotopic (exact) mass is 232 g/mol. The maximum Gasteiger partial charge on any atom is 0.231 e. The van der Waals surface area contributed by atoms with Gasteiger partial charge in [0.05, 0.1) is 16.8 Å². The molecule has 17 heavy (non-hydrogen) atoms. The molecule has 92 valence electrons. The maximum absolute atomic E-state index is 12.0. The molecule has 2 N–H and O–H groups in total. The maximum atomic E-state index is 12.0. The van der Waals surface area contributed by atoms with Crippen molar-refractivity contribution >= 4 is 17.3 Å². The lowest BCUT2D eigenvalue weighted by molar-refractivity contribution is -0.123. The molecule has 2 rings (SSSR count). The molecule has 0 atom stereocenters. The summed E-state index contributed by atoms with van der Waals surface area (Å²) in [6.45, 7) is 8.86. The van der Waals surface area contributed by atoms with Crippen LogP contribution in [0.25, 0.3) is 0 Å². The summed E-state index contributed by atoms with van der Waals surface area (Å²) in [6, 6.07) is 6.22. The predicted molar refractivity (Wildman–Crippen MR) is 71.4 cm³/mol. The summed E-state index contributed by atoms with van der Waals surface area (Å²) >= 11 is 0. The summed E-state index contributed by atoms with van der Waals surface area (Å²) in [4.78, 5) is 12.0. The summed E-state index contributed by atoms with van der Waals surface area (Å²) < 4.78 is 0. The third-order valence-corrected chi connectivity index (χ3v) is 3.29. The molecule has 1 aromatic carbocycles. The zero-order chi connectivity index (χ0) is 12.6. The Bertz CT molecular complexity index is 450. The second-order valence-electron chi connectivity index (χ2n) is 5.65. The highest BCUT2D eigenvalue weighted by molar-refractivity contribution is 5.99. The number of anilines is 2. The van der Waals surface area contributed by atoms with E-state index in [4.69, 9.17) is 0 Å². The standard InChI is InChI=1S/C14H20N2O/c1-9(2)10-5-6-11-12(7-10)16-13(17)14(3,4)8-15-11/h5-7,9,15H,8H2,1-4H3,(H,16,17). The zero-order valence-corrected chi connectivity index (χ0v) is 10.9. The fraction of sp³-hybridized carbons (Fsp3) is 0.500. The Kier molecular flexibility index (Phi) is 2.86. The van der Waals surface area contributed by atoms with Gasteiger partial charge in [-0.25, -0.2) is 0 Å². The van der Waals surface area contributed by atoms with E-state index in [1.54, 1.807) is 0 Å². The Labute approximate surface area is 103 Å². The Morgan fingerprint density at radius 3 is 2.59 bits per heavy atom. The van der Waals surface area contributed by atoms with E-state index in [1.165, 1.54) is 5.56 Å². The second-order valence-corrected chi connectivity index (χ2v) is 5.65. The molecule has 0 bridgehead atoms. The van der Waals surface area contributed by atoms with Gasteiger partial charge in [-0.2, -0.15) is 0 Å². The van der Waals surface area contributed by atoms with Gasteiger partial charge in [-0.1, -0.05) is 19.9 Å². The average molecular weight is 232 g/mol. The van der Waals surface area contributed by atoms with Crippen molar-refractivity contribution in [3.63, 3.8) is 0 Å². The highest BCUT2D eigenvalue weighted by Crippen LogP contribution is 2.32. The van der Waals surface area contributed by atoms with Gasteiger partial charge in [0.15, 0.2) is 0 Å². The lowest BCUT2D eigenvalue weighted by Gasteiger charge is -2.19. The van der Waals surface area contributed by atoms with Crippen LogP contribution >= 0.6 is 0 Å². The van der Waals surface area contributed by atoms with Gasteiger partial charge < -0.3 is 10.6 Å². The van der Waals surface area contributed by atoms with Crippen LogP contribution in [0, 0.1) is 5.41 Å². The van der Waals surface area contributed by atoms with Gasteiger partial charge in [-0.15, -0.1) is 0 Å². The number of carbonyl (C=O) groups excluding carboxylic acids is 1. The highest BCUT2D eigenvalue weighted by Gasteiger charge is 2.30. The molecule has 0 saturated heterocycles. The normalized spacial score (nSPS) is 18.1. The van der Waals surface area contributed by atoms with E-state index in [1.807, 2.05) is 19.9 Å². The predicted octanol–water partition coefficient (Wildman–Crippen LogP) is 3.20. The average Bonchev–Trinajstić information content (AvgIpc) is 2.36. The third kappa shape index (κ3) is 2.28. The molecule has 1 heterocycles.